The minimum atomic E-state index is -0.486. The summed E-state index contributed by atoms with van der Waals surface area (Å²) < 4.78 is 15.9. The van der Waals surface area contributed by atoms with Crippen molar-refractivity contribution in [1.29, 1.82) is 0 Å². The maximum atomic E-state index is 12.4. The average molecular weight is 358 g/mol. The minimum absolute atomic E-state index is 0.310. The number of methoxy groups -OCH3 is 1. The van der Waals surface area contributed by atoms with Crippen LogP contribution in [-0.2, 0) is 4.74 Å². The lowest BCUT2D eigenvalue weighted by Crippen LogP contribution is -2.41. The molecule has 0 aromatic heterocycles. The van der Waals surface area contributed by atoms with Gasteiger partial charge < -0.3 is 14.2 Å². The molecular weight excluding hydrogens is 336 g/mol. The molecule has 0 fully saturated rings. The quantitative estimate of drug-likeness (QED) is 0.558. The van der Waals surface area contributed by atoms with Crippen LogP contribution in [0.25, 0.3) is 0 Å². The van der Waals surface area contributed by atoms with E-state index in [0.29, 0.717) is 42.4 Å². The predicted molar refractivity (Wildman–Crippen MR) is 96.4 cm³/mol. The highest BCUT2D eigenvalue weighted by molar-refractivity contribution is 6.01. The van der Waals surface area contributed by atoms with Crippen molar-refractivity contribution in [2.45, 2.75) is 6.92 Å². The van der Waals surface area contributed by atoms with Crippen molar-refractivity contribution < 1.29 is 23.8 Å². The molecule has 0 spiro atoms. The average Bonchev–Trinajstić information content (AvgIpc) is 2.69. The molecule has 0 saturated carbocycles. The van der Waals surface area contributed by atoms with E-state index in [1.165, 1.54) is 7.11 Å². The summed E-state index contributed by atoms with van der Waals surface area (Å²) in [5.74, 6) is -0.138. The van der Waals surface area contributed by atoms with Crippen LogP contribution in [0.1, 0.15) is 27.6 Å². The Kier molecular flexibility index (Phi) is 7.45. The van der Waals surface area contributed by atoms with Crippen LogP contribution >= 0.6 is 0 Å². The zero-order chi connectivity index (χ0) is 18.8. The second-order valence-corrected chi connectivity index (χ2v) is 5.15. The van der Waals surface area contributed by atoms with Gasteiger partial charge in [0.25, 0.3) is 11.8 Å². The number of hydrogen-bond donors (Lipinski definition) is 2. The molecule has 0 radical (unpaired) electrons. The highest BCUT2D eigenvalue weighted by Crippen LogP contribution is 2.18. The van der Waals surface area contributed by atoms with Gasteiger partial charge in [0.1, 0.15) is 18.1 Å². The largest absolute Gasteiger partial charge is 0.496 e. The molecule has 7 heteroatoms. The van der Waals surface area contributed by atoms with Crippen molar-refractivity contribution in [3.63, 3.8) is 0 Å². The Morgan fingerprint density at radius 1 is 0.846 bits per heavy atom. The molecule has 2 aromatic rings. The Morgan fingerprint density at radius 2 is 1.38 bits per heavy atom. The molecule has 0 aliphatic heterocycles. The first-order chi connectivity index (χ1) is 12.7. The molecule has 0 unspecified atom stereocenters. The second kappa shape index (κ2) is 10.0. The summed E-state index contributed by atoms with van der Waals surface area (Å²) >= 11 is 0. The van der Waals surface area contributed by atoms with Crippen LogP contribution in [0.5, 0.6) is 11.5 Å². The lowest BCUT2D eigenvalue weighted by Gasteiger charge is -2.13. The number of hydrogen-bond acceptors (Lipinski definition) is 5. The molecular formula is C19H22N2O5. The van der Waals surface area contributed by atoms with Crippen LogP contribution in [0.4, 0.5) is 0 Å². The molecule has 2 amide bonds. The van der Waals surface area contributed by atoms with Gasteiger partial charge in [0.2, 0.25) is 0 Å². The first kappa shape index (κ1) is 19.3. The number of ether oxygens (including phenoxy) is 3. The number of carbonyl (C=O) groups excluding carboxylic acids is 2. The molecule has 0 aliphatic carbocycles. The molecule has 0 saturated heterocycles. The Labute approximate surface area is 152 Å². The summed E-state index contributed by atoms with van der Waals surface area (Å²) in [5.41, 5.74) is 5.39. The topological polar surface area (TPSA) is 85.9 Å². The van der Waals surface area contributed by atoms with Crippen LogP contribution in [-0.4, -0.2) is 38.7 Å². The van der Waals surface area contributed by atoms with Crippen LogP contribution in [0, 0.1) is 0 Å². The van der Waals surface area contributed by atoms with Gasteiger partial charge in [-0.2, -0.15) is 0 Å². The summed E-state index contributed by atoms with van der Waals surface area (Å²) in [6.07, 6.45) is 0. The number of rotatable bonds is 8. The van der Waals surface area contributed by atoms with E-state index in [1.54, 1.807) is 48.5 Å². The van der Waals surface area contributed by atoms with Crippen LogP contribution in [0.15, 0.2) is 48.5 Å². The summed E-state index contributed by atoms with van der Waals surface area (Å²) in [6.45, 7) is 3.25. The van der Waals surface area contributed by atoms with E-state index >= 15 is 0 Å². The van der Waals surface area contributed by atoms with Gasteiger partial charge in [-0.05, 0) is 31.2 Å². The summed E-state index contributed by atoms with van der Waals surface area (Å²) in [6, 6.07) is 13.5. The second-order valence-electron chi connectivity index (χ2n) is 5.15. The zero-order valence-corrected chi connectivity index (χ0v) is 14.8. The van der Waals surface area contributed by atoms with Crippen molar-refractivity contribution >= 4 is 11.8 Å². The lowest BCUT2D eigenvalue weighted by atomic mass is 10.2. The maximum absolute atomic E-state index is 12.4. The van der Waals surface area contributed by atoms with Gasteiger partial charge in [-0.3, -0.25) is 20.4 Å². The standard InChI is InChI=1S/C19H22N2O5/c1-3-25-12-13-26-17-11-7-5-9-15(17)19(23)21-20-18(22)14-8-4-6-10-16(14)24-2/h4-11H,3,12-13H2,1-2H3,(H,20,22)(H,21,23). The molecule has 2 N–H and O–H groups in total. The highest BCUT2D eigenvalue weighted by atomic mass is 16.5. The molecule has 0 heterocycles. The monoisotopic (exact) mass is 358 g/mol. The Morgan fingerprint density at radius 3 is 1.96 bits per heavy atom. The number of benzene rings is 2. The van der Waals surface area contributed by atoms with Crippen molar-refractivity contribution in [2.75, 3.05) is 26.9 Å². The first-order valence-corrected chi connectivity index (χ1v) is 8.20. The van der Waals surface area contributed by atoms with Gasteiger partial charge >= 0.3 is 0 Å². The molecule has 7 nitrogen and oxygen atoms in total. The molecule has 26 heavy (non-hydrogen) atoms. The SMILES string of the molecule is CCOCCOc1ccccc1C(=O)NNC(=O)c1ccccc1OC. The summed E-state index contributed by atoms with van der Waals surface area (Å²) in [4.78, 5) is 24.6. The number of nitrogens with one attached hydrogen (secondary N) is 2. The summed E-state index contributed by atoms with van der Waals surface area (Å²) in [7, 11) is 1.47. The van der Waals surface area contributed by atoms with Gasteiger partial charge in [0.05, 0.1) is 24.8 Å². The third-order valence-electron chi connectivity index (χ3n) is 3.46. The molecule has 138 valence electrons. The Balaban J connectivity index is 1.98. The molecule has 0 atom stereocenters. The maximum Gasteiger partial charge on any atom is 0.273 e. The number of carbonyl (C=O) groups is 2. The predicted octanol–water partition coefficient (Wildman–Crippen LogP) is 2.19. The zero-order valence-electron chi connectivity index (χ0n) is 14.8. The Bertz CT molecular complexity index is 748. The van der Waals surface area contributed by atoms with Gasteiger partial charge in [-0.15, -0.1) is 0 Å². The third-order valence-corrected chi connectivity index (χ3v) is 3.46. The van der Waals surface area contributed by atoms with Crippen LogP contribution in [0.2, 0.25) is 0 Å². The van der Waals surface area contributed by atoms with E-state index < -0.39 is 11.8 Å². The number of para-hydroxylation sites is 2. The smallest absolute Gasteiger partial charge is 0.273 e. The molecule has 2 aromatic carbocycles. The van der Waals surface area contributed by atoms with E-state index in [9.17, 15) is 9.59 Å². The van der Waals surface area contributed by atoms with Gasteiger partial charge in [0.15, 0.2) is 0 Å². The number of amides is 2. The Hall–Kier alpha value is -3.06. The van der Waals surface area contributed by atoms with Crippen LogP contribution < -0.4 is 20.3 Å². The fourth-order valence-corrected chi connectivity index (χ4v) is 2.22. The molecule has 0 aliphatic rings. The normalized spacial score (nSPS) is 10.1. The van der Waals surface area contributed by atoms with Crippen molar-refractivity contribution in [2.24, 2.45) is 0 Å². The van der Waals surface area contributed by atoms with E-state index in [0.717, 1.165) is 0 Å². The van der Waals surface area contributed by atoms with Crippen molar-refractivity contribution in [1.82, 2.24) is 10.9 Å². The lowest BCUT2D eigenvalue weighted by molar-refractivity contribution is 0.0838. The van der Waals surface area contributed by atoms with E-state index in [4.69, 9.17) is 14.2 Å². The minimum Gasteiger partial charge on any atom is -0.496 e. The van der Waals surface area contributed by atoms with Crippen LogP contribution in [0.3, 0.4) is 0 Å². The van der Waals surface area contributed by atoms with Gasteiger partial charge in [0, 0.05) is 6.61 Å². The van der Waals surface area contributed by atoms with Crippen molar-refractivity contribution in [3.05, 3.63) is 59.7 Å². The number of hydrazine groups is 1. The third kappa shape index (κ3) is 5.22. The summed E-state index contributed by atoms with van der Waals surface area (Å²) in [5, 5.41) is 0. The van der Waals surface area contributed by atoms with E-state index in [2.05, 4.69) is 10.9 Å². The fraction of sp³-hybridized carbons (Fsp3) is 0.263. The molecule has 0 bridgehead atoms. The van der Waals surface area contributed by atoms with Gasteiger partial charge in [-0.1, -0.05) is 24.3 Å². The first-order valence-electron chi connectivity index (χ1n) is 8.20. The fourth-order valence-electron chi connectivity index (χ4n) is 2.22. The van der Waals surface area contributed by atoms with Gasteiger partial charge in [-0.25, -0.2) is 0 Å². The van der Waals surface area contributed by atoms with Crippen molar-refractivity contribution in [3.8, 4) is 11.5 Å². The van der Waals surface area contributed by atoms with E-state index in [1.807, 2.05) is 6.92 Å². The van der Waals surface area contributed by atoms with E-state index in [-0.39, 0.29) is 0 Å². The molecule has 2 rings (SSSR count). The highest BCUT2D eigenvalue weighted by Gasteiger charge is 2.15.